The van der Waals surface area contributed by atoms with Gasteiger partial charge in [0.2, 0.25) is 5.43 Å². The Bertz CT molecular complexity index is 1370. The zero-order valence-corrected chi connectivity index (χ0v) is 18.6. The molecule has 1 N–H and O–H groups in total. The largest absolute Gasteiger partial charge is 0.503 e. The molecule has 0 saturated carbocycles. The van der Waals surface area contributed by atoms with E-state index in [9.17, 15) is 28.3 Å². The minimum Gasteiger partial charge on any atom is -0.503 e. The number of rotatable bonds is 6. The lowest BCUT2D eigenvalue weighted by molar-refractivity contribution is 0.00576. The number of hydrogen-bond donors (Lipinski definition) is 1. The van der Waals surface area contributed by atoms with Crippen LogP contribution in [0.5, 0.6) is 5.75 Å². The van der Waals surface area contributed by atoms with Gasteiger partial charge >= 0.3 is 0 Å². The molecule has 2 aromatic carbocycles. The molecule has 9 heteroatoms. The number of carbonyl (C=O) groups is 2. The summed E-state index contributed by atoms with van der Waals surface area (Å²) in [4.78, 5) is 40.4. The SMILES string of the molecule is O=C(CCc1ccc(F)cc1F)c1cn2c(c(O)c1=O)C(=O)N1[C@@H](Cc3ccccc3)CO[C@@H]1C2. The zero-order chi connectivity index (χ0) is 24.7. The van der Waals surface area contributed by atoms with Gasteiger partial charge in [-0.05, 0) is 30.0 Å². The van der Waals surface area contributed by atoms with Gasteiger partial charge in [0, 0.05) is 18.7 Å². The van der Waals surface area contributed by atoms with Crippen molar-refractivity contribution in [3.05, 3.63) is 99.0 Å². The number of amides is 1. The minimum atomic E-state index is -0.952. The molecule has 0 bridgehead atoms. The number of aromatic nitrogens is 1. The molecule has 7 nitrogen and oxygen atoms in total. The highest BCUT2D eigenvalue weighted by Gasteiger charge is 2.44. The summed E-state index contributed by atoms with van der Waals surface area (Å²) >= 11 is 0. The maximum absolute atomic E-state index is 13.9. The van der Waals surface area contributed by atoms with Gasteiger partial charge in [-0.2, -0.15) is 0 Å². The molecule has 1 aromatic heterocycles. The highest BCUT2D eigenvalue weighted by atomic mass is 19.1. The lowest BCUT2D eigenvalue weighted by Crippen LogP contribution is -2.50. The number of Topliss-reactive ketones (excluding diaryl/α,β-unsaturated/α-hetero) is 1. The lowest BCUT2D eigenvalue weighted by Gasteiger charge is -2.34. The Kier molecular flexibility index (Phi) is 5.94. The first kappa shape index (κ1) is 22.9. The molecule has 1 fully saturated rings. The van der Waals surface area contributed by atoms with Gasteiger partial charge in [0.25, 0.3) is 5.91 Å². The van der Waals surface area contributed by atoms with Crippen LogP contribution in [0.3, 0.4) is 0 Å². The summed E-state index contributed by atoms with van der Waals surface area (Å²) in [6.07, 6.45) is 0.943. The summed E-state index contributed by atoms with van der Waals surface area (Å²) in [5, 5.41) is 10.6. The van der Waals surface area contributed by atoms with Crippen molar-refractivity contribution >= 4 is 11.7 Å². The second kappa shape index (κ2) is 9.07. The predicted octanol–water partition coefficient (Wildman–Crippen LogP) is 3.07. The number of benzene rings is 2. The molecule has 180 valence electrons. The van der Waals surface area contributed by atoms with Crippen LogP contribution < -0.4 is 5.43 Å². The topological polar surface area (TPSA) is 88.8 Å². The van der Waals surface area contributed by atoms with Crippen LogP contribution in [0.2, 0.25) is 0 Å². The second-order valence-corrected chi connectivity index (χ2v) is 8.72. The van der Waals surface area contributed by atoms with Crippen molar-refractivity contribution in [2.24, 2.45) is 0 Å². The average molecular weight is 480 g/mol. The van der Waals surface area contributed by atoms with E-state index in [4.69, 9.17) is 4.74 Å². The van der Waals surface area contributed by atoms with Gasteiger partial charge in [-0.3, -0.25) is 14.4 Å². The van der Waals surface area contributed by atoms with Gasteiger partial charge < -0.3 is 19.3 Å². The number of halogens is 2. The normalized spacial score (nSPS) is 18.9. The van der Waals surface area contributed by atoms with Crippen molar-refractivity contribution in [1.29, 1.82) is 0 Å². The van der Waals surface area contributed by atoms with Crippen LogP contribution >= 0.6 is 0 Å². The smallest absolute Gasteiger partial charge is 0.276 e. The van der Waals surface area contributed by atoms with E-state index in [-0.39, 0.29) is 42.2 Å². The van der Waals surface area contributed by atoms with Gasteiger partial charge in [-0.15, -0.1) is 0 Å². The molecule has 2 aliphatic heterocycles. The lowest BCUT2D eigenvalue weighted by atomic mass is 10.0. The number of fused-ring (bicyclic) bond motifs is 2. The van der Waals surface area contributed by atoms with Crippen molar-refractivity contribution in [2.45, 2.75) is 38.1 Å². The van der Waals surface area contributed by atoms with E-state index in [2.05, 4.69) is 0 Å². The summed E-state index contributed by atoms with van der Waals surface area (Å²) in [6, 6.07) is 12.4. The number of carbonyl (C=O) groups excluding carboxylic acids is 2. The van der Waals surface area contributed by atoms with Crippen molar-refractivity contribution in [3.63, 3.8) is 0 Å². The van der Waals surface area contributed by atoms with Crippen LogP contribution in [-0.4, -0.2) is 45.1 Å². The standard InChI is InChI=1S/C26H22F2N2O5/c27-17-8-6-16(20(28)11-17)7-9-21(31)19-12-29-13-22-30(26(34)23(29)25(33)24(19)32)18(14-35-22)10-15-4-2-1-3-5-15/h1-6,8,11-12,18,22,33H,7,9-10,13-14H2/t18-,22+/m0/s1. The highest BCUT2D eigenvalue weighted by molar-refractivity contribution is 6.00. The van der Waals surface area contributed by atoms with Gasteiger partial charge in [0.05, 0.1) is 24.8 Å². The maximum Gasteiger partial charge on any atom is 0.276 e. The van der Waals surface area contributed by atoms with Crippen molar-refractivity contribution in [3.8, 4) is 5.75 Å². The van der Waals surface area contributed by atoms with Crippen LogP contribution in [0.4, 0.5) is 8.78 Å². The van der Waals surface area contributed by atoms with E-state index in [0.29, 0.717) is 13.0 Å². The third kappa shape index (κ3) is 4.23. The molecule has 2 atom stereocenters. The molecule has 3 heterocycles. The van der Waals surface area contributed by atoms with Crippen LogP contribution in [0.25, 0.3) is 0 Å². The van der Waals surface area contributed by atoms with Crippen molar-refractivity contribution < 1.29 is 28.2 Å². The Morgan fingerprint density at radius 1 is 1.11 bits per heavy atom. The molecule has 3 aromatic rings. The van der Waals surface area contributed by atoms with E-state index in [1.54, 1.807) is 4.90 Å². The average Bonchev–Trinajstić information content (AvgIpc) is 3.23. The molecule has 2 aliphatic rings. The Hall–Kier alpha value is -3.85. The first-order chi connectivity index (χ1) is 16.8. The van der Waals surface area contributed by atoms with Crippen LogP contribution in [0, 0.1) is 11.6 Å². The van der Waals surface area contributed by atoms with Gasteiger partial charge in [-0.1, -0.05) is 36.4 Å². The third-order valence-corrected chi connectivity index (χ3v) is 6.48. The molecule has 0 aliphatic carbocycles. The van der Waals surface area contributed by atoms with Gasteiger partial charge in [0.15, 0.2) is 23.5 Å². The van der Waals surface area contributed by atoms with Crippen LogP contribution in [-0.2, 0) is 24.1 Å². The molecule has 1 amide bonds. The van der Waals surface area contributed by atoms with Crippen LogP contribution in [0.1, 0.15) is 38.4 Å². The number of ketones is 1. The summed E-state index contributed by atoms with van der Waals surface area (Å²) < 4.78 is 34.2. The third-order valence-electron chi connectivity index (χ3n) is 6.48. The first-order valence-electron chi connectivity index (χ1n) is 11.2. The first-order valence-corrected chi connectivity index (χ1v) is 11.2. The second-order valence-electron chi connectivity index (χ2n) is 8.72. The molecular formula is C26H22F2N2O5. The summed E-state index contributed by atoms with van der Waals surface area (Å²) in [5.41, 5.74) is -0.269. The molecule has 0 spiro atoms. The molecule has 5 rings (SSSR count). The van der Waals surface area contributed by atoms with Gasteiger partial charge in [0.1, 0.15) is 11.6 Å². The molecular weight excluding hydrogens is 458 g/mol. The summed E-state index contributed by atoms with van der Waals surface area (Å²) in [7, 11) is 0. The summed E-state index contributed by atoms with van der Waals surface area (Å²) in [5.74, 6) is -3.46. The monoisotopic (exact) mass is 480 g/mol. The number of ether oxygens (including phenoxy) is 1. The fourth-order valence-electron chi connectivity index (χ4n) is 4.71. The number of hydrogen-bond acceptors (Lipinski definition) is 5. The quantitative estimate of drug-likeness (QED) is 0.548. The predicted molar refractivity (Wildman–Crippen MR) is 121 cm³/mol. The summed E-state index contributed by atoms with van der Waals surface area (Å²) in [6.45, 7) is 0.451. The highest BCUT2D eigenvalue weighted by Crippen LogP contribution is 2.31. The van der Waals surface area contributed by atoms with E-state index in [1.807, 2.05) is 30.3 Å². The van der Waals surface area contributed by atoms with Crippen molar-refractivity contribution in [2.75, 3.05) is 6.61 Å². The Morgan fingerprint density at radius 3 is 2.63 bits per heavy atom. The Labute approximate surface area is 199 Å². The zero-order valence-electron chi connectivity index (χ0n) is 18.6. The van der Waals surface area contributed by atoms with Crippen molar-refractivity contribution in [1.82, 2.24) is 9.47 Å². The number of aromatic hydroxyl groups is 1. The van der Waals surface area contributed by atoms with Gasteiger partial charge in [-0.25, -0.2) is 8.78 Å². The van der Waals surface area contributed by atoms with E-state index in [1.165, 1.54) is 16.8 Å². The maximum atomic E-state index is 13.9. The molecule has 1 saturated heterocycles. The van der Waals surface area contributed by atoms with E-state index < -0.39 is 40.7 Å². The Morgan fingerprint density at radius 2 is 1.89 bits per heavy atom. The van der Waals surface area contributed by atoms with Crippen LogP contribution in [0.15, 0.2) is 59.5 Å². The Balaban J connectivity index is 1.39. The molecule has 0 radical (unpaired) electrons. The molecule has 0 unspecified atom stereocenters. The number of pyridine rings is 1. The fraction of sp³-hybridized carbons (Fsp3) is 0.269. The van der Waals surface area contributed by atoms with E-state index in [0.717, 1.165) is 17.7 Å². The molecule has 35 heavy (non-hydrogen) atoms. The number of nitrogens with zero attached hydrogens (tertiary/aromatic N) is 2. The van der Waals surface area contributed by atoms with E-state index >= 15 is 0 Å². The number of aryl methyl sites for hydroxylation is 1. The fourth-order valence-corrected chi connectivity index (χ4v) is 4.71. The minimum absolute atomic E-state index is 0.0491.